The first-order chi connectivity index (χ1) is 19.3. The molecule has 0 unspecified atom stereocenters. The summed E-state index contributed by atoms with van der Waals surface area (Å²) in [7, 11) is 0. The summed E-state index contributed by atoms with van der Waals surface area (Å²) in [5.74, 6) is 0. The molecule has 6 heteroatoms. The Morgan fingerprint density at radius 2 is 1.54 bits per heavy atom. The predicted molar refractivity (Wildman–Crippen MR) is 160 cm³/mol. The monoisotopic (exact) mass is 519 g/mol. The van der Waals surface area contributed by atoms with Crippen molar-refractivity contribution < 1.29 is 0 Å². The van der Waals surface area contributed by atoms with Gasteiger partial charge in [0.1, 0.15) is 5.01 Å². The molecule has 184 valence electrons. The number of fused-ring (bicyclic) bond motifs is 4. The van der Waals surface area contributed by atoms with Gasteiger partial charge < -0.3 is 4.57 Å². The van der Waals surface area contributed by atoms with Crippen LogP contribution >= 0.6 is 11.3 Å². The smallest absolute Gasteiger partial charge is 0.124 e. The van der Waals surface area contributed by atoms with E-state index < -0.39 is 0 Å². The number of benzene rings is 4. The summed E-state index contributed by atoms with van der Waals surface area (Å²) in [5.41, 5.74) is 8.60. The highest BCUT2D eigenvalue weighted by Crippen LogP contribution is 2.38. The molecule has 0 saturated heterocycles. The van der Waals surface area contributed by atoms with Gasteiger partial charge in [0.25, 0.3) is 0 Å². The van der Waals surface area contributed by atoms with Gasteiger partial charge >= 0.3 is 0 Å². The number of nitrogens with zero attached hydrogens (tertiary/aromatic N) is 5. The predicted octanol–water partition coefficient (Wildman–Crippen LogP) is 8.31. The van der Waals surface area contributed by atoms with Gasteiger partial charge in [0.05, 0.1) is 32.6 Å². The van der Waals surface area contributed by atoms with E-state index in [1.165, 1.54) is 16.3 Å². The highest BCUT2D eigenvalue weighted by Gasteiger charge is 2.16. The summed E-state index contributed by atoms with van der Waals surface area (Å²) in [5, 5.41) is 7.88. The van der Waals surface area contributed by atoms with E-state index in [0.717, 1.165) is 48.9 Å². The van der Waals surface area contributed by atoms with E-state index in [0.29, 0.717) is 0 Å². The summed E-state index contributed by atoms with van der Waals surface area (Å²) >= 11 is 1.70. The fourth-order valence-electron chi connectivity index (χ4n) is 5.37. The third kappa shape index (κ3) is 3.57. The molecule has 0 N–H and O–H groups in total. The molecule has 4 heterocycles. The van der Waals surface area contributed by atoms with Crippen LogP contribution in [0.3, 0.4) is 0 Å². The Kier molecular flexibility index (Phi) is 4.93. The molecular weight excluding hydrogens is 498 g/mol. The Hall–Kier alpha value is -5.07. The summed E-state index contributed by atoms with van der Waals surface area (Å²) in [6.07, 6.45) is 5.61. The van der Waals surface area contributed by atoms with Gasteiger partial charge in [-0.05, 0) is 54.6 Å². The van der Waals surface area contributed by atoms with Crippen molar-refractivity contribution in [2.45, 2.75) is 0 Å². The lowest BCUT2D eigenvalue weighted by Crippen LogP contribution is -1.95. The van der Waals surface area contributed by atoms with Crippen LogP contribution in [0.25, 0.3) is 65.2 Å². The molecule has 4 aromatic carbocycles. The maximum atomic E-state index is 5.03. The Morgan fingerprint density at radius 3 is 2.44 bits per heavy atom. The average molecular weight is 520 g/mol. The largest absolute Gasteiger partial charge is 0.309 e. The molecule has 8 aromatic rings. The van der Waals surface area contributed by atoms with Crippen LogP contribution in [0.1, 0.15) is 0 Å². The van der Waals surface area contributed by atoms with Gasteiger partial charge in [-0.1, -0.05) is 54.6 Å². The number of rotatable bonds is 4. The third-order valence-electron chi connectivity index (χ3n) is 7.13. The number of para-hydroxylation sites is 1. The van der Waals surface area contributed by atoms with Gasteiger partial charge in [0, 0.05) is 46.2 Å². The SMILES string of the molecule is c1ccc(-c2cccc(-n3c4ccccc4c4ccc(-c5nc6cccc(-n7cccn7)c6s5)cc43)c2)nc1. The van der Waals surface area contributed by atoms with Crippen molar-refractivity contribution >= 4 is 43.4 Å². The molecule has 8 rings (SSSR count). The van der Waals surface area contributed by atoms with E-state index in [1.807, 2.05) is 47.4 Å². The molecule has 4 aromatic heterocycles. The molecule has 0 saturated carbocycles. The van der Waals surface area contributed by atoms with Crippen molar-refractivity contribution in [3.05, 3.63) is 128 Å². The number of hydrogen-bond acceptors (Lipinski definition) is 4. The highest BCUT2D eigenvalue weighted by atomic mass is 32.1. The molecule has 39 heavy (non-hydrogen) atoms. The molecule has 0 bridgehead atoms. The van der Waals surface area contributed by atoms with E-state index in [-0.39, 0.29) is 0 Å². The maximum absolute atomic E-state index is 5.03. The molecule has 0 fully saturated rings. The van der Waals surface area contributed by atoms with Gasteiger partial charge in [0.15, 0.2) is 0 Å². The molecule has 0 amide bonds. The summed E-state index contributed by atoms with van der Waals surface area (Å²) in [6.45, 7) is 0. The van der Waals surface area contributed by atoms with E-state index in [1.54, 1.807) is 17.5 Å². The second-order valence-corrected chi connectivity index (χ2v) is 10.4. The second-order valence-electron chi connectivity index (χ2n) is 9.44. The van der Waals surface area contributed by atoms with Crippen molar-refractivity contribution in [3.8, 4) is 33.2 Å². The van der Waals surface area contributed by atoms with Gasteiger partial charge in [-0.2, -0.15) is 5.10 Å². The Labute approximate surface area is 228 Å². The zero-order valence-electron chi connectivity index (χ0n) is 20.8. The minimum absolute atomic E-state index is 0.961. The van der Waals surface area contributed by atoms with Crippen LogP contribution in [0.2, 0.25) is 0 Å². The Balaban J connectivity index is 1.34. The quantitative estimate of drug-likeness (QED) is 0.235. The standard InChI is InChI=1S/C33H21N5S/c1-2-13-29-25(10-1)26-16-15-23(33-36-28-12-6-14-30(32(28)39-33)37-19-7-18-35-37)21-31(26)38(29)24-9-5-8-22(20-24)27-11-3-4-17-34-27/h1-21H. The molecular formula is C33H21N5S. The Morgan fingerprint density at radius 1 is 0.641 bits per heavy atom. The first-order valence-corrected chi connectivity index (χ1v) is 13.6. The van der Waals surface area contributed by atoms with Crippen molar-refractivity contribution in [1.82, 2.24) is 24.3 Å². The summed E-state index contributed by atoms with van der Waals surface area (Å²) in [4.78, 5) is 9.60. The third-order valence-corrected chi connectivity index (χ3v) is 8.27. The molecule has 0 atom stereocenters. The lowest BCUT2D eigenvalue weighted by Gasteiger charge is -2.10. The van der Waals surface area contributed by atoms with Crippen LogP contribution in [0, 0.1) is 0 Å². The van der Waals surface area contributed by atoms with Gasteiger partial charge in [-0.15, -0.1) is 11.3 Å². The van der Waals surface area contributed by atoms with Crippen LogP contribution in [-0.4, -0.2) is 24.3 Å². The minimum Gasteiger partial charge on any atom is -0.309 e. The summed E-state index contributed by atoms with van der Waals surface area (Å²) in [6, 6.07) is 38.1. The first-order valence-electron chi connectivity index (χ1n) is 12.8. The number of pyridine rings is 1. The van der Waals surface area contributed by atoms with E-state index in [4.69, 9.17) is 4.98 Å². The van der Waals surface area contributed by atoms with Gasteiger partial charge in [0.2, 0.25) is 0 Å². The molecule has 0 aliphatic heterocycles. The molecule has 0 spiro atoms. The number of hydrogen-bond donors (Lipinski definition) is 0. The zero-order valence-corrected chi connectivity index (χ0v) is 21.6. The van der Waals surface area contributed by atoms with Crippen molar-refractivity contribution in [3.63, 3.8) is 0 Å². The van der Waals surface area contributed by atoms with E-state index in [9.17, 15) is 0 Å². The molecule has 0 radical (unpaired) electrons. The average Bonchev–Trinajstić information content (AvgIpc) is 3.75. The van der Waals surface area contributed by atoms with Gasteiger partial charge in [-0.25, -0.2) is 9.67 Å². The van der Waals surface area contributed by atoms with E-state index >= 15 is 0 Å². The normalized spacial score (nSPS) is 11.6. The topological polar surface area (TPSA) is 48.5 Å². The van der Waals surface area contributed by atoms with Crippen LogP contribution < -0.4 is 0 Å². The first kappa shape index (κ1) is 22.0. The number of aromatic nitrogens is 5. The zero-order chi connectivity index (χ0) is 25.8. The van der Waals surface area contributed by atoms with Crippen LogP contribution in [-0.2, 0) is 0 Å². The van der Waals surface area contributed by atoms with Crippen LogP contribution in [0.5, 0.6) is 0 Å². The van der Waals surface area contributed by atoms with Crippen LogP contribution in [0.4, 0.5) is 0 Å². The van der Waals surface area contributed by atoms with Crippen molar-refractivity contribution in [2.75, 3.05) is 0 Å². The Bertz CT molecular complexity index is 2120. The van der Waals surface area contributed by atoms with E-state index in [2.05, 4.69) is 93.5 Å². The van der Waals surface area contributed by atoms with Crippen molar-refractivity contribution in [2.24, 2.45) is 0 Å². The second kappa shape index (κ2) is 8.75. The number of thiazole rings is 1. The van der Waals surface area contributed by atoms with Crippen molar-refractivity contribution in [1.29, 1.82) is 0 Å². The minimum atomic E-state index is 0.961. The maximum Gasteiger partial charge on any atom is 0.124 e. The molecule has 0 aliphatic rings. The van der Waals surface area contributed by atoms with Gasteiger partial charge in [-0.3, -0.25) is 4.98 Å². The van der Waals surface area contributed by atoms with Crippen LogP contribution in [0.15, 0.2) is 128 Å². The fraction of sp³-hybridized carbons (Fsp3) is 0. The molecule has 0 aliphatic carbocycles. The highest BCUT2D eigenvalue weighted by molar-refractivity contribution is 7.22. The molecule has 5 nitrogen and oxygen atoms in total. The lowest BCUT2D eigenvalue weighted by molar-refractivity contribution is 0.889. The fourth-order valence-corrected chi connectivity index (χ4v) is 6.44. The lowest BCUT2D eigenvalue weighted by atomic mass is 10.1. The summed E-state index contributed by atoms with van der Waals surface area (Å²) < 4.78 is 5.38.